The first-order valence-corrected chi connectivity index (χ1v) is 9.05. The lowest BCUT2D eigenvalue weighted by Gasteiger charge is -2.34. The smallest absolute Gasteiger partial charge is 0.208 e. The molecule has 0 amide bonds. The zero-order chi connectivity index (χ0) is 15.9. The highest BCUT2D eigenvalue weighted by Gasteiger charge is 2.45. The molecule has 1 aliphatic heterocycles. The Labute approximate surface area is 139 Å². The number of halogens is 1. The van der Waals surface area contributed by atoms with Crippen molar-refractivity contribution in [1.29, 1.82) is 0 Å². The van der Waals surface area contributed by atoms with Crippen LogP contribution in [0, 0.1) is 12.7 Å². The Morgan fingerprint density at radius 2 is 2.04 bits per heavy atom. The number of benzene rings is 1. The van der Waals surface area contributed by atoms with Gasteiger partial charge in [0.15, 0.2) is 0 Å². The zero-order valence-electron chi connectivity index (χ0n) is 13.3. The lowest BCUT2D eigenvalue weighted by molar-refractivity contribution is 0.356. The lowest BCUT2D eigenvalue weighted by atomic mass is 9.99. The van der Waals surface area contributed by atoms with Crippen molar-refractivity contribution in [3.05, 3.63) is 40.7 Å². The molecule has 4 rings (SSSR count). The molecule has 0 radical (unpaired) electrons. The van der Waals surface area contributed by atoms with Crippen LogP contribution in [-0.4, -0.2) is 29.3 Å². The molecule has 23 heavy (non-hydrogen) atoms. The van der Waals surface area contributed by atoms with Crippen LogP contribution < -0.4 is 10.2 Å². The second-order valence-electron chi connectivity index (χ2n) is 6.60. The lowest BCUT2D eigenvalue weighted by Crippen LogP contribution is -2.46. The van der Waals surface area contributed by atoms with Crippen molar-refractivity contribution in [2.45, 2.75) is 44.2 Å². The van der Waals surface area contributed by atoms with Gasteiger partial charge >= 0.3 is 0 Å². The average molecular weight is 332 g/mol. The number of piperidine rings is 1. The Morgan fingerprint density at radius 3 is 2.65 bits per heavy atom. The maximum absolute atomic E-state index is 13.5. The Morgan fingerprint density at radius 1 is 1.26 bits per heavy atom. The number of hydrogen-bond acceptors (Lipinski definition) is 5. The van der Waals surface area contributed by atoms with Gasteiger partial charge in [0, 0.05) is 24.7 Å². The maximum Gasteiger partial charge on any atom is 0.208 e. The van der Waals surface area contributed by atoms with Gasteiger partial charge in [-0.3, -0.25) is 0 Å². The van der Waals surface area contributed by atoms with E-state index in [-0.39, 0.29) is 11.4 Å². The Hall–Kier alpha value is -1.53. The summed E-state index contributed by atoms with van der Waals surface area (Å²) in [6.45, 7) is 4.00. The monoisotopic (exact) mass is 332 g/mol. The molecule has 0 atom stereocenters. The summed E-state index contributed by atoms with van der Waals surface area (Å²) in [5.41, 5.74) is 1.11. The summed E-state index contributed by atoms with van der Waals surface area (Å²) < 4.78 is 13.5. The highest BCUT2D eigenvalue weighted by Crippen LogP contribution is 2.46. The summed E-state index contributed by atoms with van der Waals surface area (Å²) in [5.74, 6) is -0.142. The third-order valence-corrected chi connectivity index (χ3v) is 5.79. The molecule has 0 spiro atoms. The molecule has 2 aliphatic rings. The minimum atomic E-state index is -0.142. The van der Waals surface area contributed by atoms with E-state index in [4.69, 9.17) is 0 Å². The van der Waals surface area contributed by atoms with Crippen LogP contribution in [0.15, 0.2) is 24.3 Å². The fraction of sp³-hybridized carbons (Fsp3) is 0.529. The number of aryl methyl sites for hydroxylation is 1. The van der Waals surface area contributed by atoms with E-state index in [1.165, 1.54) is 6.07 Å². The number of nitrogens with zero attached hydrogens (tertiary/aromatic N) is 3. The van der Waals surface area contributed by atoms with Crippen LogP contribution in [0.1, 0.15) is 36.3 Å². The van der Waals surface area contributed by atoms with Crippen LogP contribution in [0.4, 0.5) is 9.52 Å². The third-order valence-electron chi connectivity index (χ3n) is 4.89. The summed E-state index contributed by atoms with van der Waals surface area (Å²) in [5, 5.41) is 14.2. The van der Waals surface area contributed by atoms with Crippen molar-refractivity contribution >= 4 is 16.5 Å². The van der Waals surface area contributed by atoms with E-state index in [1.807, 2.05) is 19.1 Å². The SMILES string of the molecule is Cc1nnc(N2CCC(NC3(c4cccc(F)c4)CC3)CC2)s1. The van der Waals surface area contributed by atoms with E-state index in [0.717, 1.165) is 54.5 Å². The summed E-state index contributed by atoms with van der Waals surface area (Å²) in [6, 6.07) is 7.54. The predicted octanol–water partition coefficient (Wildman–Crippen LogP) is 3.23. The Bertz CT molecular complexity index is 689. The highest BCUT2D eigenvalue weighted by atomic mass is 32.1. The fourth-order valence-corrected chi connectivity index (χ4v) is 4.19. The van der Waals surface area contributed by atoms with Crippen LogP contribution in [0.3, 0.4) is 0 Å². The van der Waals surface area contributed by atoms with Gasteiger partial charge in [0.25, 0.3) is 0 Å². The second kappa shape index (κ2) is 5.83. The van der Waals surface area contributed by atoms with Crippen LogP contribution in [-0.2, 0) is 5.54 Å². The van der Waals surface area contributed by atoms with Crippen LogP contribution in [0.5, 0.6) is 0 Å². The van der Waals surface area contributed by atoms with Gasteiger partial charge in [0.1, 0.15) is 10.8 Å². The molecular weight excluding hydrogens is 311 g/mol. The van der Waals surface area contributed by atoms with Crippen LogP contribution >= 0.6 is 11.3 Å². The first-order chi connectivity index (χ1) is 11.1. The summed E-state index contributed by atoms with van der Waals surface area (Å²) >= 11 is 1.66. The van der Waals surface area contributed by atoms with Gasteiger partial charge in [-0.05, 0) is 50.3 Å². The first kappa shape index (κ1) is 15.0. The molecule has 122 valence electrons. The number of aromatic nitrogens is 2. The van der Waals surface area contributed by atoms with Gasteiger partial charge in [-0.25, -0.2) is 4.39 Å². The molecule has 2 aromatic rings. The Kier molecular flexibility index (Phi) is 3.81. The quantitative estimate of drug-likeness (QED) is 0.933. The van der Waals surface area contributed by atoms with Crippen molar-refractivity contribution in [2.75, 3.05) is 18.0 Å². The van der Waals surface area contributed by atoms with E-state index >= 15 is 0 Å². The van der Waals surface area contributed by atoms with E-state index in [1.54, 1.807) is 17.4 Å². The maximum atomic E-state index is 13.5. The zero-order valence-corrected chi connectivity index (χ0v) is 14.1. The number of anilines is 1. The molecule has 0 bridgehead atoms. The number of nitrogens with one attached hydrogen (secondary N) is 1. The average Bonchev–Trinajstić information content (AvgIpc) is 3.21. The largest absolute Gasteiger partial charge is 0.347 e. The molecule has 1 N–H and O–H groups in total. The molecule has 4 nitrogen and oxygen atoms in total. The molecule has 2 heterocycles. The molecule has 1 saturated heterocycles. The first-order valence-electron chi connectivity index (χ1n) is 8.23. The highest BCUT2D eigenvalue weighted by molar-refractivity contribution is 7.15. The standard InChI is InChI=1S/C17H21FN4S/c1-12-20-21-16(23-12)22-9-5-15(6-10-22)19-17(7-8-17)13-3-2-4-14(18)11-13/h2-4,11,15,19H,5-10H2,1H3. The van der Waals surface area contributed by atoms with Crippen molar-refractivity contribution in [1.82, 2.24) is 15.5 Å². The minimum Gasteiger partial charge on any atom is -0.347 e. The predicted molar refractivity (Wildman–Crippen MR) is 90.3 cm³/mol. The summed E-state index contributed by atoms with van der Waals surface area (Å²) in [6.07, 6.45) is 4.39. The van der Waals surface area contributed by atoms with E-state index in [0.29, 0.717) is 6.04 Å². The van der Waals surface area contributed by atoms with Crippen LogP contribution in [0.25, 0.3) is 0 Å². The number of hydrogen-bond donors (Lipinski definition) is 1. The van der Waals surface area contributed by atoms with Gasteiger partial charge in [-0.15, -0.1) is 10.2 Å². The van der Waals surface area contributed by atoms with E-state index in [9.17, 15) is 4.39 Å². The molecule has 1 aliphatic carbocycles. The van der Waals surface area contributed by atoms with Crippen molar-refractivity contribution in [2.24, 2.45) is 0 Å². The summed E-state index contributed by atoms with van der Waals surface area (Å²) in [4.78, 5) is 2.32. The topological polar surface area (TPSA) is 41.1 Å². The molecular formula is C17H21FN4S. The van der Waals surface area contributed by atoms with E-state index < -0.39 is 0 Å². The summed E-state index contributed by atoms with van der Waals surface area (Å²) in [7, 11) is 0. The van der Waals surface area contributed by atoms with E-state index in [2.05, 4.69) is 20.4 Å². The van der Waals surface area contributed by atoms with Gasteiger partial charge in [0.05, 0.1) is 0 Å². The van der Waals surface area contributed by atoms with Gasteiger partial charge in [-0.2, -0.15) is 0 Å². The molecule has 0 unspecified atom stereocenters. The molecule has 1 aromatic carbocycles. The normalized spacial score (nSPS) is 20.7. The molecule has 6 heteroatoms. The van der Waals surface area contributed by atoms with Crippen molar-refractivity contribution in [3.63, 3.8) is 0 Å². The molecule has 1 aromatic heterocycles. The third kappa shape index (κ3) is 3.10. The molecule has 2 fully saturated rings. The van der Waals surface area contributed by atoms with Crippen LogP contribution in [0.2, 0.25) is 0 Å². The number of rotatable bonds is 4. The van der Waals surface area contributed by atoms with Gasteiger partial charge in [0.2, 0.25) is 5.13 Å². The molecule has 1 saturated carbocycles. The second-order valence-corrected chi connectivity index (χ2v) is 7.76. The van der Waals surface area contributed by atoms with Gasteiger partial charge in [-0.1, -0.05) is 23.5 Å². The van der Waals surface area contributed by atoms with Gasteiger partial charge < -0.3 is 10.2 Å². The fourth-order valence-electron chi connectivity index (χ4n) is 3.45. The minimum absolute atomic E-state index is 0.00820. The van der Waals surface area contributed by atoms with Crippen molar-refractivity contribution in [3.8, 4) is 0 Å². The van der Waals surface area contributed by atoms with Crippen molar-refractivity contribution < 1.29 is 4.39 Å². The Balaban J connectivity index is 1.38.